The van der Waals surface area contributed by atoms with E-state index in [0.29, 0.717) is 12.0 Å². The second kappa shape index (κ2) is 6.20. The van der Waals surface area contributed by atoms with Gasteiger partial charge in [-0.1, -0.05) is 32.4 Å². The Morgan fingerprint density at radius 3 is 2.18 bits per heavy atom. The van der Waals surface area contributed by atoms with Crippen molar-refractivity contribution in [3.63, 3.8) is 0 Å². The largest absolute Gasteiger partial charge is 0.313 e. The molecule has 0 aliphatic rings. The van der Waals surface area contributed by atoms with Crippen LogP contribution in [0.15, 0.2) is 12.1 Å². The van der Waals surface area contributed by atoms with Gasteiger partial charge in [0.15, 0.2) is 0 Å². The molecule has 0 aliphatic carbocycles. The average Bonchev–Trinajstić information content (AvgIpc) is 2.26. The number of hydrogen-bond donors (Lipinski definition) is 1. The van der Waals surface area contributed by atoms with Crippen molar-refractivity contribution in [2.45, 2.75) is 53.5 Å². The second-order valence-corrected chi connectivity index (χ2v) is 5.33. The fraction of sp³-hybridized carbons (Fsp3) is 0.625. The molecule has 0 amide bonds. The molecule has 0 radical (unpaired) electrons. The van der Waals surface area contributed by atoms with Gasteiger partial charge in [-0.3, -0.25) is 0 Å². The van der Waals surface area contributed by atoms with E-state index < -0.39 is 0 Å². The van der Waals surface area contributed by atoms with Gasteiger partial charge in [-0.15, -0.1) is 0 Å². The summed E-state index contributed by atoms with van der Waals surface area (Å²) in [6.07, 6.45) is 2.53. The highest BCUT2D eigenvalue weighted by atomic mass is 14.9. The predicted molar refractivity (Wildman–Crippen MR) is 76.5 cm³/mol. The molecule has 1 aromatic carbocycles. The molecule has 0 spiro atoms. The van der Waals surface area contributed by atoms with Crippen LogP contribution in [0.4, 0.5) is 0 Å². The van der Waals surface area contributed by atoms with Crippen LogP contribution in [0.1, 0.15) is 55.0 Å². The number of nitrogens with one attached hydrogen (secondary N) is 1. The standard InChI is InChI=1S/C16H27N/c1-7-8-11(2)16(17-6)15-10-13(4)12(3)9-14(15)5/h9-11,16-17H,7-8H2,1-6H3. The summed E-state index contributed by atoms with van der Waals surface area (Å²) in [6, 6.07) is 5.15. The zero-order valence-electron chi connectivity index (χ0n) is 12.2. The smallest absolute Gasteiger partial charge is 0.0346 e. The first-order valence-electron chi connectivity index (χ1n) is 6.76. The van der Waals surface area contributed by atoms with E-state index in [1.165, 1.54) is 35.1 Å². The lowest BCUT2D eigenvalue weighted by Crippen LogP contribution is -2.24. The molecule has 0 saturated carbocycles. The van der Waals surface area contributed by atoms with Crippen LogP contribution in [0.2, 0.25) is 0 Å². The van der Waals surface area contributed by atoms with E-state index in [2.05, 4.69) is 59.1 Å². The van der Waals surface area contributed by atoms with Gasteiger partial charge in [0.1, 0.15) is 0 Å². The zero-order chi connectivity index (χ0) is 13.0. The van der Waals surface area contributed by atoms with Gasteiger partial charge in [0.25, 0.3) is 0 Å². The minimum absolute atomic E-state index is 0.481. The molecule has 1 aromatic rings. The lowest BCUT2D eigenvalue weighted by Gasteiger charge is -2.26. The minimum atomic E-state index is 0.481. The number of benzene rings is 1. The van der Waals surface area contributed by atoms with Crippen LogP contribution in [-0.4, -0.2) is 7.05 Å². The highest BCUT2D eigenvalue weighted by molar-refractivity contribution is 5.38. The highest BCUT2D eigenvalue weighted by Crippen LogP contribution is 2.29. The maximum Gasteiger partial charge on any atom is 0.0346 e. The van der Waals surface area contributed by atoms with E-state index in [9.17, 15) is 0 Å². The highest BCUT2D eigenvalue weighted by Gasteiger charge is 2.19. The molecule has 2 unspecified atom stereocenters. The van der Waals surface area contributed by atoms with E-state index in [0.717, 1.165) is 0 Å². The molecule has 0 aliphatic heterocycles. The Labute approximate surface area is 107 Å². The van der Waals surface area contributed by atoms with E-state index >= 15 is 0 Å². The predicted octanol–water partition coefficient (Wildman–Crippen LogP) is 4.31. The number of aryl methyl sites for hydroxylation is 3. The molecule has 0 fully saturated rings. The Morgan fingerprint density at radius 1 is 1.06 bits per heavy atom. The first kappa shape index (κ1) is 14.2. The van der Waals surface area contributed by atoms with Crippen molar-refractivity contribution < 1.29 is 0 Å². The zero-order valence-corrected chi connectivity index (χ0v) is 12.2. The van der Waals surface area contributed by atoms with Crippen LogP contribution < -0.4 is 5.32 Å². The van der Waals surface area contributed by atoms with Crippen molar-refractivity contribution in [3.8, 4) is 0 Å². The maximum absolute atomic E-state index is 3.49. The SMILES string of the molecule is CCCC(C)C(NC)c1cc(C)c(C)cc1C. The molecule has 2 atom stereocenters. The van der Waals surface area contributed by atoms with Crippen LogP contribution in [0.5, 0.6) is 0 Å². The van der Waals surface area contributed by atoms with E-state index in [-0.39, 0.29) is 0 Å². The fourth-order valence-corrected chi connectivity index (χ4v) is 2.69. The molecule has 0 bridgehead atoms. The summed E-state index contributed by atoms with van der Waals surface area (Å²) < 4.78 is 0. The lowest BCUT2D eigenvalue weighted by atomic mass is 9.87. The Balaban J connectivity index is 3.07. The van der Waals surface area contributed by atoms with Gasteiger partial charge in [-0.2, -0.15) is 0 Å². The summed E-state index contributed by atoms with van der Waals surface area (Å²) in [7, 11) is 2.07. The molecule has 1 rings (SSSR count). The van der Waals surface area contributed by atoms with Crippen LogP contribution in [-0.2, 0) is 0 Å². The van der Waals surface area contributed by atoms with Crippen molar-refractivity contribution in [1.29, 1.82) is 0 Å². The molecule has 17 heavy (non-hydrogen) atoms. The third-order valence-electron chi connectivity index (χ3n) is 3.84. The number of hydrogen-bond acceptors (Lipinski definition) is 1. The summed E-state index contributed by atoms with van der Waals surface area (Å²) in [5, 5.41) is 3.49. The van der Waals surface area contributed by atoms with Crippen LogP contribution in [0, 0.1) is 26.7 Å². The van der Waals surface area contributed by atoms with Gasteiger partial charge in [-0.25, -0.2) is 0 Å². The second-order valence-electron chi connectivity index (χ2n) is 5.33. The Hall–Kier alpha value is -0.820. The van der Waals surface area contributed by atoms with Gasteiger partial charge in [0, 0.05) is 6.04 Å². The lowest BCUT2D eigenvalue weighted by molar-refractivity contribution is 0.382. The van der Waals surface area contributed by atoms with Crippen LogP contribution in [0.3, 0.4) is 0 Å². The molecule has 0 saturated heterocycles. The fourth-order valence-electron chi connectivity index (χ4n) is 2.69. The Morgan fingerprint density at radius 2 is 1.65 bits per heavy atom. The van der Waals surface area contributed by atoms with Gasteiger partial charge in [0.05, 0.1) is 0 Å². The van der Waals surface area contributed by atoms with Gasteiger partial charge >= 0.3 is 0 Å². The van der Waals surface area contributed by atoms with Crippen molar-refractivity contribution in [3.05, 3.63) is 34.4 Å². The van der Waals surface area contributed by atoms with Crippen LogP contribution in [0.25, 0.3) is 0 Å². The maximum atomic E-state index is 3.49. The molecular formula is C16H27N. The molecule has 1 N–H and O–H groups in total. The van der Waals surface area contributed by atoms with Crippen molar-refractivity contribution in [2.75, 3.05) is 7.05 Å². The Kier molecular flexibility index (Phi) is 5.20. The summed E-state index contributed by atoms with van der Waals surface area (Å²) in [4.78, 5) is 0. The summed E-state index contributed by atoms with van der Waals surface area (Å²) in [5.74, 6) is 0.686. The van der Waals surface area contributed by atoms with Gasteiger partial charge in [0.2, 0.25) is 0 Å². The first-order chi connectivity index (χ1) is 8.01. The number of rotatable bonds is 5. The summed E-state index contributed by atoms with van der Waals surface area (Å²) in [5.41, 5.74) is 5.67. The first-order valence-corrected chi connectivity index (χ1v) is 6.76. The monoisotopic (exact) mass is 233 g/mol. The van der Waals surface area contributed by atoms with Gasteiger partial charge in [-0.05, 0) is 62.4 Å². The molecule has 0 heterocycles. The third-order valence-corrected chi connectivity index (χ3v) is 3.84. The summed E-state index contributed by atoms with van der Waals surface area (Å²) >= 11 is 0. The van der Waals surface area contributed by atoms with E-state index in [1.54, 1.807) is 0 Å². The summed E-state index contributed by atoms with van der Waals surface area (Å²) in [6.45, 7) is 11.2. The molecule has 0 aromatic heterocycles. The molecule has 1 nitrogen and oxygen atoms in total. The topological polar surface area (TPSA) is 12.0 Å². The molecular weight excluding hydrogens is 206 g/mol. The normalized spacial score (nSPS) is 14.7. The van der Waals surface area contributed by atoms with E-state index in [1.807, 2.05) is 0 Å². The van der Waals surface area contributed by atoms with Crippen LogP contribution >= 0.6 is 0 Å². The van der Waals surface area contributed by atoms with Crippen molar-refractivity contribution in [2.24, 2.45) is 5.92 Å². The van der Waals surface area contributed by atoms with E-state index in [4.69, 9.17) is 0 Å². The Bertz CT molecular complexity index is 368. The quantitative estimate of drug-likeness (QED) is 0.799. The molecule has 96 valence electrons. The molecule has 1 heteroatoms. The van der Waals surface area contributed by atoms with Gasteiger partial charge < -0.3 is 5.32 Å². The minimum Gasteiger partial charge on any atom is -0.313 e. The average molecular weight is 233 g/mol. The van der Waals surface area contributed by atoms with Crippen molar-refractivity contribution in [1.82, 2.24) is 5.32 Å². The third kappa shape index (κ3) is 3.32. The van der Waals surface area contributed by atoms with Crippen molar-refractivity contribution >= 4 is 0 Å².